The van der Waals surface area contributed by atoms with Crippen molar-refractivity contribution in [3.8, 4) is 0 Å². The third kappa shape index (κ3) is 1.79. The van der Waals surface area contributed by atoms with Crippen molar-refractivity contribution in [2.24, 2.45) is 5.92 Å². The summed E-state index contributed by atoms with van der Waals surface area (Å²) in [7, 11) is 1.93. The van der Waals surface area contributed by atoms with Gasteiger partial charge in [0, 0.05) is 13.5 Å². The van der Waals surface area contributed by atoms with Crippen LogP contribution in [0.1, 0.15) is 30.9 Å². The third-order valence-corrected chi connectivity index (χ3v) is 3.86. The summed E-state index contributed by atoms with van der Waals surface area (Å²) >= 11 is 0. The molecule has 1 aliphatic heterocycles. The molecule has 0 bridgehead atoms. The zero-order valence-electron chi connectivity index (χ0n) is 10.0. The van der Waals surface area contributed by atoms with Crippen LogP contribution in [0.3, 0.4) is 0 Å². The zero-order chi connectivity index (χ0) is 11.8. The van der Waals surface area contributed by atoms with Crippen LogP contribution in [0.2, 0.25) is 0 Å². The minimum absolute atomic E-state index is 0.0242. The van der Waals surface area contributed by atoms with Crippen molar-refractivity contribution < 1.29 is 9.63 Å². The first kappa shape index (κ1) is 10.9. The number of benzene rings is 1. The van der Waals surface area contributed by atoms with E-state index < -0.39 is 0 Å². The number of carbonyl (C=O) groups is 1. The van der Waals surface area contributed by atoms with Gasteiger partial charge < -0.3 is 0 Å². The summed E-state index contributed by atoms with van der Waals surface area (Å²) in [4.78, 5) is 17.9. The molecule has 1 aromatic carbocycles. The molecule has 1 saturated heterocycles. The lowest BCUT2D eigenvalue weighted by Gasteiger charge is -2.25. The van der Waals surface area contributed by atoms with E-state index in [1.165, 1.54) is 5.56 Å². The minimum Gasteiger partial charge on any atom is -0.299 e. The number of hydroxylamine groups is 2. The van der Waals surface area contributed by atoms with Crippen LogP contribution in [0.15, 0.2) is 30.3 Å². The van der Waals surface area contributed by atoms with E-state index in [0.717, 1.165) is 12.8 Å². The zero-order valence-corrected chi connectivity index (χ0v) is 10.0. The maximum absolute atomic E-state index is 12.1. The Hall–Kier alpha value is -1.19. The molecule has 0 N–H and O–H groups in total. The highest BCUT2D eigenvalue weighted by atomic mass is 16.7. The van der Waals surface area contributed by atoms with Crippen LogP contribution in [-0.2, 0) is 9.63 Å². The average molecular weight is 231 g/mol. The number of ketones is 1. The summed E-state index contributed by atoms with van der Waals surface area (Å²) in [6.07, 6.45) is 2.77. The van der Waals surface area contributed by atoms with Crippen LogP contribution in [0.5, 0.6) is 0 Å². The first-order chi connectivity index (χ1) is 8.27. The first-order valence-corrected chi connectivity index (χ1v) is 6.24. The summed E-state index contributed by atoms with van der Waals surface area (Å²) in [5, 5.41) is 1.87. The van der Waals surface area contributed by atoms with Gasteiger partial charge in [0.25, 0.3) is 0 Å². The molecular formula is C14H17NO2. The van der Waals surface area contributed by atoms with Gasteiger partial charge in [-0.1, -0.05) is 30.3 Å². The second kappa shape index (κ2) is 4.24. The van der Waals surface area contributed by atoms with Crippen molar-refractivity contribution in [1.82, 2.24) is 5.06 Å². The fourth-order valence-corrected chi connectivity index (χ4v) is 3.10. The Morgan fingerprint density at radius 2 is 2.06 bits per heavy atom. The van der Waals surface area contributed by atoms with Gasteiger partial charge in [0.05, 0.1) is 18.1 Å². The number of Topliss-reactive ketones (excluding diaryl/α,β-unsaturated/α-hetero) is 1. The first-order valence-electron chi connectivity index (χ1n) is 6.24. The van der Waals surface area contributed by atoms with Gasteiger partial charge in [0.15, 0.2) is 0 Å². The van der Waals surface area contributed by atoms with Gasteiger partial charge in [0.1, 0.15) is 5.78 Å². The Morgan fingerprint density at radius 1 is 1.29 bits per heavy atom. The molecular weight excluding hydrogens is 214 g/mol. The number of hydrogen-bond donors (Lipinski definition) is 0. The molecule has 0 radical (unpaired) electrons. The second-order valence-electron chi connectivity index (χ2n) is 4.93. The quantitative estimate of drug-likeness (QED) is 0.743. The highest BCUT2D eigenvalue weighted by molar-refractivity contribution is 5.83. The fraction of sp³-hybridized carbons (Fsp3) is 0.500. The van der Waals surface area contributed by atoms with Crippen molar-refractivity contribution >= 4 is 5.78 Å². The van der Waals surface area contributed by atoms with E-state index in [2.05, 4.69) is 12.1 Å². The summed E-state index contributed by atoms with van der Waals surface area (Å²) in [6.45, 7) is 0. The largest absolute Gasteiger partial charge is 0.299 e. The van der Waals surface area contributed by atoms with Gasteiger partial charge in [-0.2, -0.15) is 5.06 Å². The smallest absolute Gasteiger partial charge is 0.140 e. The van der Waals surface area contributed by atoms with Crippen molar-refractivity contribution in [2.75, 3.05) is 7.05 Å². The van der Waals surface area contributed by atoms with Gasteiger partial charge in [-0.15, -0.1) is 0 Å². The molecule has 3 atom stereocenters. The summed E-state index contributed by atoms with van der Waals surface area (Å²) in [5.74, 6) is 0.385. The van der Waals surface area contributed by atoms with Gasteiger partial charge in [-0.25, -0.2) is 0 Å². The number of rotatable bonds is 1. The maximum atomic E-state index is 12.1. The van der Waals surface area contributed by atoms with E-state index in [9.17, 15) is 4.79 Å². The maximum Gasteiger partial charge on any atom is 0.140 e. The fourth-order valence-electron chi connectivity index (χ4n) is 3.10. The molecule has 1 saturated carbocycles. The van der Waals surface area contributed by atoms with Crippen LogP contribution < -0.4 is 0 Å². The Bertz CT molecular complexity index is 417. The van der Waals surface area contributed by atoms with Crippen LogP contribution in [-0.4, -0.2) is 24.0 Å². The van der Waals surface area contributed by atoms with E-state index in [1.807, 2.05) is 30.3 Å². The molecule has 2 fully saturated rings. The van der Waals surface area contributed by atoms with Crippen LogP contribution in [0.4, 0.5) is 0 Å². The van der Waals surface area contributed by atoms with Gasteiger partial charge in [-0.3, -0.25) is 9.63 Å². The average Bonchev–Trinajstić information content (AvgIpc) is 2.68. The molecule has 1 heterocycles. The standard InChI is InChI=1S/C14H17NO2/c1-15-14(10-6-3-2-4-7-10)13-11(16)8-5-9-12(13)17-15/h2-4,6-7,12-14H,5,8-9H2,1H3/t12-,13-,14+/m1/s1. The van der Waals surface area contributed by atoms with Crippen LogP contribution in [0, 0.1) is 5.92 Å². The molecule has 1 aliphatic carbocycles. The molecule has 90 valence electrons. The Kier molecular flexibility index (Phi) is 2.73. The molecule has 2 aliphatic rings. The number of carbonyl (C=O) groups excluding carboxylic acids is 1. The lowest BCUT2D eigenvalue weighted by molar-refractivity contribution is -0.149. The van der Waals surface area contributed by atoms with E-state index in [-0.39, 0.29) is 18.1 Å². The number of hydrogen-bond acceptors (Lipinski definition) is 3. The monoisotopic (exact) mass is 231 g/mol. The SMILES string of the molecule is CN1O[C@@H]2CCCC(=O)[C@H]2[C@@H]1c1ccccc1. The van der Waals surface area contributed by atoms with Crippen molar-refractivity contribution in [2.45, 2.75) is 31.4 Å². The van der Waals surface area contributed by atoms with E-state index in [1.54, 1.807) is 0 Å². The highest BCUT2D eigenvalue weighted by Crippen LogP contribution is 2.43. The minimum atomic E-state index is 0.0242. The summed E-state index contributed by atoms with van der Waals surface area (Å²) in [5.41, 5.74) is 1.18. The van der Waals surface area contributed by atoms with Crippen molar-refractivity contribution in [3.05, 3.63) is 35.9 Å². The molecule has 0 unspecified atom stereocenters. The van der Waals surface area contributed by atoms with E-state index in [0.29, 0.717) is 12.2 Å². The van der Waals surface area contributed by atoms with E-state index >= 15 is 0 Å². The molecule has 3 nitrogen and oxygen atoms in total. The molecule has 0 aromatic heterocycles. The third-order valence-electron chi connectivity index (χ3n) is 3.86. The lowest BCUT2D eigenvalue weighted by atomic mass is 9.79. The van der Waals surface area contributed by atoms with Crippen molar-refractivity contribution in [1.29, 1.82) is 0 Å². The van der Waals surface area contributed by atoms with Gasteiger partial charge >= 0.3 is 0 Å². The molecule has 1 aromatic rings. The lowest BCUT2D eigenvalue weighted by Crippen LogP contribution is -2.32. The predicted octanol–water partition coefficient (Wildman–Crippen LogP) is 2.34. The Morgan fingerprint density at radius 3 is 2.82 bits per heavy atom. The number of nitrogens with zero attached hydrogens (tertiary/aromatic N) is 1. The van der Waals surface area contributed by atoms with Crippen LogP contribution in [0.25, 0.3) is 0 Å². The predicted molar refractivity (Wildman–Crippen MR) is 64.2 cm³/mol. The summed E-state index contributed by atoms with van der Waals surface area (Å²) < 4.78 is 0. The molecule has 0 spiro atoms. The highest BCUT2D eigenvalue weighted by Gasteiger charge is 2.47. The molecule has 3 rings (SSSR count). The van der Waals surface area contributed by atoms with E-state index in [4.69, 9.17) is 4.84 Å². The summed E-state index contributed by atoms with van der Waals surface area (Å²) in [6, 6.07) is 10.3. The molecule has 17 heavy (non-hydrogen) atoms. The Labute approximate surface area is 101 Å². The molecule has 3 heteroatoms. The normalized spacial score (nSPS) is 33.7. The number of fused-ring (bicyclic) bond motifs is 1. The van der Waals surface area contributed by atoms with Gasteiger partial charge in [0.2, 0.25) is 0 Å². The van der Waals surface area contributed by atoms with Crippen LogP contribution >= 0.6 is 0 Å². The topological polar surface area (TPSA) is 29.5 Å². The van der Waals surface area contributed by atoms with Gasteiger partial charge in [-0.05, 0) is 18.4 Å². The second-order valence-corrected chi connectivity index (χ2v) is 4.93. The van der Waals surface area contributed by atoms with Crippen molar-refractivity contribution in [3.63, 3.8) is 0 Å². The molecule has 0 amide bonds. The Balaban J connectivity index is 1.95.